The number of halogens is 2. The van der Waals surface area contributed by atoms with Gasteiger partial charge in [0.1, 0.15) is 11.8 Å². The molecule has 5 nitrogen and oxygen atoms in total. The molecule has 1 atom stereocenters. The van der Waals surface area contributed by atoms with Gasteiger partial charge in [-0.1, -0.05) is 76.9 Å². The fourth-order valence-corrected chi connectivity index (χ4v) is 4.02. The quantitative estimate of drug-likeness (QED) is 0.317. The standard InChI is InChI=1S/C28H30BrClN2O3/c1-3-15-31-28(34)26(17-21-7-5-4-6-8-21)32(18-22-9-11-23(29)12-10-22)27(33)19-35-24-13-14-25(30)20(2)16-24/h4-14,16,26H,3,15,17-19H2,1-2H3,(H,31,34)/t26-/m1/s1. The molecule has 0 spiro atoms. The first-order chi connectivity index (χ1) is 16.9. The Morgan fingerprint density at radius 2 is 1.74 bits per heavy atom. The summed E-state index contributed by atoms with van der Waals surface area (Å²) in [4.78, 5) is 28.4. The minimum atomic E-state index is -0.685. The molecular formula is C28H30BrClN2O3. The number of benzene rings is 3. The van der Waals surface area contributed by atoms with Crippen LogP contribution in [0, 0.1) is 6.92 Å². The molecule has 0 saturated heterocycles. The minimum absolute atomic E-state index is 0.177. The van der Waals surface area contributed by atoms with Gasteiger partial charge in [-0.2, -0.15) is 0 Å². The van der Waals surface area contributed by atoms with Gasteiger partial charge >= 0.3 is 0 Å². The lowest BCUT2D eigenvalue weighted by atomic mass is 10.0. The van der Waals surface area contributed by atoms with Crippen LogP contribution in [0.15, 0.2) is 77.3 Å². The maximum atomic E-state index is 13.5. The first kappa shape index (κ1) is 26.8. The SMILES string of the molecule is CCCNC(=O)[C@@H](Cc1ccccc1)N(Cc1ccc(Br)cc1)C(=O)COc1ccc(Cl)c(C)c1. The van der Waals surface area contributed by atoms with Crippen molar-refractivity contribution < 1.29 is 14.3 Å². The lowest BCUT2D eigenvalue weighted by Gasteiger charge is -2.31. The van der Waals surface area contributed by atoms with Crippen LogP contribution < -0.4 is 10.1 Å². The molecule has 2 amide bonds. The number of hydrogen-bond donors (Lipinski definition) is 1. The second kappa shape index (κ2) is 13.3. The van der Waals surface area contributed by atoms with E-state index in [1.54, 1.807) is 23.1 Å². The molecule has 3 aromatic rings. The number of carbonyl (C=O) groups excluding carboxylic acids is 2. The predicted molar refractivity (Wildman–Crippen MR) is 144 cm³/mol. The number of hydrogen-bond acceptors (Lipinski definition) is 3. The summed E-state index contributed by atoms with van der Waals surface area (Å²) in [6.07, 6.45) is 1.21. The Kier molecular flexibility index (Phi) is 10.2. The third-order valence-corrected chi connectivity index (χ3v) is 6.53. The van der Waals surface area contributed by atoms with E-state index in [-0.39, 0.29) is 25.0 Å². The van der Waals surface area contributed by atoms with Crippen molar-refractivity contribution in [2.24, 2.45) is 0 Å². The van der Waals surface area contributed by atoms with Gasteiger partial charge in [-0.25, -0.2) is 0 Å². The van der Waals surface area contributed by atoms with Crippen LogP contribution in [0.5, 0.6) is 5.75 Å². The Morgan fingerprint density at radius 3 is 2.40 bits per heavy atom. The Labute approximate surface area is 220 Å². The second-order valence-corrected chi connectivity index (χ2v) is 9.67. The van der Waals surface area contributed by atoms with Crippen molar-refractivity contribution in [2.75, 3.05) is 13.2 Å². The van der Waals surface area contributed by atoms with Crippen molar-refractivity contribution >= 4 is 39.3 Å². The van der Waals surface area contributed by atoms with E-state index >= 15 is 0 Å². The normalized spacial score (nSPS) is 11.5. The first-order valence-electron chi connectivity index (χ1n) is 11.6. The lowest BCUT2D eigenvalue weighted by Crippen LogP contribution is -2.51. The van der Waals surface area contributed by atoms with E-state index in [1.807, 2.05) is 68.4 Å². The number of aryl methyl sites for hydroxylation is 1. The largest absolute Gasteiger partial charge is 0.484 e. The van der Waals surface area contributed by atoms with E-state index in [2.05, 4.69) is 21.2 Å². The molecule has 0 radical (unpaired) electrons. The third-order valence-electron chi connectivity index (χ3n) is 5.58. The highest BCUT2D eigenvalue weighted by Gasteiger charge is 2.30. The van der Waals surface area contributed by atoms with Gasteiger partial charge in [0.2, 0.25) is 5.91 Å². The van der Waals surface area contributed by atoms with Crippen molar-refractivity contribution in [1.82, 2.24) is 10.2 Å². The van der Waals surface area contributed by atoms with Crippen LogP contribution in [0.4, 0.5) is 0 Å². The van der Waals surface area contributed by atoms with Crippen LogP contribution in [-0.4, -0.2) is 35.9 Å². The highest BCUT2D eigenvalue weighted by Crippen LogP contribution is 2.22. The van der Waals surface area contributed by atoms with E-state index in [4.69, 9.17) is 16.3 Å². The summed E-state index contributed by atoms with van der Waals surface area (Å²) in [5, 5.41) is 3.61. The van der Waals surface area contributed by atoms with Gasteiger partial charge in [-0.05, 0) is 60.4 Å². The fourth-order valence-electron chi connectivity index (χ4n) is 3.64. The molecule has 0 fully saturated rings. The number of rotatable bonds is 11. The molecule has 0 aliphatic heterocycles. The van der Waals surface area contributed by atoms with Crippen LogP contribution in [-0.2, 0) is 22.6 Å². The smallest absolute Gasteiger partial charge is 0.261 e. The molecule has 7 heteroatoms. The molecule has 0 aliphatic carbocycles. The number of amides is 2. The topological polar surface area (TPSA) is 58.6 Å². The molecular weight excluding hydrogens is 528 g/mol. The Balaban J connectivity index is 1.88. The number of carbonyl (C=O) groups is 2. The van der Waals surface area contributed by atoms with Gasteiger partial charge in [-0.3, -0.25) is 9.59 Å². The molecule has 184 valence electrons. The number of nitrogens with one attached hydrogen (secondary N) is 1. The van der Waals surface area contributed by atoms with Crippen molar-refractivity contribution in [2.45, 2.75) is 39.3 Å². The summed E-state index contributed by atoms with van der Waals surface area (Å²) >= 11 is 9.56. The zero-order valence-corrected chi connectivity index (χ0v) is 22.3. The van der Waals surface area contributed by atoms with Crippen molar-refractivity contribution in [3.05, 3.63) is 99.0 Å². The third kappa shape index (κ3) is 8.11. The lowest BCUT2D eigenvalue weighted by molar-refractivity contribution is -0.142. The van der Waals surface area contributed by atoms with Gasteiger partial charge in [0.25, 0.3) is 5.91 Å². The van der Waals surface area contributed by atoms with Crippen LogP contribution in [0.1, 0.15) is 30.0 Å². The summed E-state index contributed by atoms with van der Waals surface area (Å²) in [7, 11) is 0. The molecule has 0 bridgehead atoms. The van der Waals surface area contributed by atoms with Crippen LogP contribution in [0.25, 0.3) is 0 Å². The molecule has 0 aromatic heterocycles. The molecule has 1 N–H and O–H groups in total. The fraction of sp³-hybridized carbons (Fsp3) is 0.286. The number of nitrogens with zero attached hydrogens (tertiary/aromatic N) is 1. The molecule has 0 saturated carbocycles. The minimum Gasteiger partial charge on any atom is -0.484 e. The predicted octanol–water partition coefficient (Wildman–Crippen LogP) is 5.96. The average molecular weight is 558 g/mol. The van der Waals surface area contributed by atoms with Gasteiger partial charge in [-0.15, -0.1) is 0 Å². The Morgan fingerprint density at radius 1 is 1.03 bits per heavy atom. The first-order valence-corrected chi connectivity index (χ1v) is 12.8. The van der Waals surface area contributed by atoms with Crippen LogP contribution in [0.2, 0.25) is 5.02 Å². The second-order valence-electron chi connectivity index (χ2n) is 8.34. The summed E-state index contributed by atoms with van der Waals surface area (Å²) in [6, 6.07) is 22.1. The Bertz CT molecular complexity index is 1120. The highest BCUT2D eigenvalue weighted by molar-refractivity contribution is 9.10. The van der Waals surface area contributed by atoms with E-state index in [0.717, 1.165) is 27.6 Å². The molecule has 0 unspecified atom stereocenters. The van der Waals surface area contributed by atoms with Crippen molar-refractivity contribution in [3.8, 4) is 5.75 Å². The molecule has 3 rings (SSSR count). The molecule has 0 heterocycles. The molecule has 0 aliphatic rings. The van der Waals surface area contributed by atoms with E-state index < -0.39 is 6.04 Å². The monoisotopic (exact) mass is 556 g/mol. The maximum absolute atomic E-state index is 13.5. The van der Waals surface area contributed by atoms with Crippen LogP contribution >= 0.6 is 27.5 Å². The zero-order chi connectivity index (χ0) is 25.2. The van der Waals surface area contributed by atoms with Gasteiger partial charge in [0, 0.05) is 29.0 Å². The summed E-state index contributed by atoms with van der Waals surface area (Å²) < 4.78 is 6.76. The van der Waals surface area contributed by atoms with Gasteiger partial charge in [0.05, 0.1) is 0 Å². The summed E-state index contributed by atoms with van der Waals surface area (Å²) in [5.74, 6) is 0.107. The molecule has 35 heavy (non-hydrogen) atoms. The van der Waals surface area contributed by atoms with Gasteiger partial charge < -0.3 is 15.0 Å². The Hall–Kier alpha value is -2.83. The van der Waals surface area contributed by atoms with E-state index in [1.165, 1.54) is 0 Å². The van der Waals surface area contributed by atoms with Crippen molar-refractivity contribution in [1.29, 1.82) is 0 Å². The van der Waals surface area contributed by atoms with Crippen molar-refractivity contribution in [3.63, 3.8) is 0 Å². The maximum Gasteiger partial charge on any atom is 0.261 e. The van der Waals surface area contributed by atoms with E-state index in [0.29, 0.717) is 23.7 Å². The summed E-state index contributed by atoms with van der Waals surface area (Å²) in [6.45, 7) is 4.52. The molecule has 3 aromatic carbocycles. The number of ether oxygens (including phenoxy) is 1. The summed E-state index contributed by atoms with van der Waals surface area (Å²) in [5.41, 5.74) is 2.77. The van der Waals surface area contributed by atoms with Crippen LogP contribution in [0.3, 0.4) is 0 Å². The van der Waals surface area contributed by atoms with E-state index in [9.17, 15) is 9.59 Å². The van der Waals surface area contributed by atoms with Gasteiger partial charge in [0.15, 0.2) is 6.61 Å². The highest BCUT2D eigenvalue weighted by atomic mass is 79.9. The average Bonchev–Trinajstić information content (AvgIpc) is 2.87. The zero-order valence-electron chi connectivity index (χ0n) is 20.0.